The number of ether oxygens (including phenoxy) is 2. The maximum absolute atomic E-state index is 12.7. The zero-order chi connectivity index (χ0) is 26.7. The third kappa shape index (κ3) is 6.52. The van der Waals surface area contributed by atoms with E-state index in [2.05, 4.69) is 22.1 Å². The number of carbonyl (C=O) groups is 1. The van der Waals surface area contributed by atoms with Crippen LogP contribution in [0.3, 0.4) is 0 Å². The van der Waals surface area contributed by atoms with Crippen molar-refractivity contribution in [3.05, 3.63) is 56.4 Å². The molecule has 2 aromatic rings. The molecular formula is C23H29F3N4O6. The average molecular weight is 515 g/mol. The molecule has 0 amide bonds. The molecule has 1 aromatic heterocycles. The van der Waals surface area contributed by atoms with E-state index < -0.39 is 28.9 Å². The number of carboxylic acids is 1. The first-order chi connectivity index (χ1) is 16.8. The van der Waals surface area contributed by atoms with Gasteiger partial charge in [-0.3, -0.25) is 19.1 Å². The second kappa shape index (κ2) is 10.8. The third-order valence-electron chi connectivity index (χ3n) is 5.91. The summed E-state index contributed by atoms with van der Waals surface area (Å²) in [6.07, 6.45) is -4.26. The van der Waals surface area contributed by atoms with Crippen LogP contribution in [0.1, 0.15) is 31.7 Å². The van der Waals surface area contributed by atoms with E-state index in [4.69, 9.17) is 19.4 Å². The van der Waals surface area contributed by atoms with Crippen molar-refractivity contribution in [3.63, 3.8) is 0 Å². The van der Waals surface area contributed by atoms with Gasteiger partial charge in [0.25, 0.3) is 0 Å². The lowest BCUT2D eigenvalue weighted by molar-refractivity contribution is -0.192. The maximum Gasteiger partial charge on any atom is 0.490 e. The van der Waals surface area contributed by atoms with Gasteiger partial charge < -0.3 is 14.6 Å². The van der Waals surface area contributed by atoms with Gasteiger partial charge in [0.05, 0.1) is 13.7 Å². The summed E-state index contributed by atoms with van der Waals surface area (Å²) in [4.78, 5) is 36.4. The zero-order valence-electron chi connectivity index (χ0n) is 20.2. The van der Waals surface area contributed by atoms with Gasteiger partial charge in [-0.2, -0.15) is 18.3 Å². The molecule has 0 bridgehead atoms. The highest BCUT2D eigenvalue weighted by molar-refractivity contribution is 5.73. The first-order valence-corrected chi connectivity index (χ1v) is 11.3. The fraction of sp³-hybridized carbons (Fsp3) is 0.565. The Bertz CT molecular complexity index is 1190. The number of likely N-dealkylation sites (tertiary alicyclic amines) is 1. The Labute approximate surface area is 204 Å². The Balaban J connectivity index is 0.000000454. The minimum Gasteiger partial charge on any atom is -0.497 e. The van der Waals surface area contributed by atoms with Crippen LogP contribution in [0.4, 0.5) is 13.2 Å². The minimum atomic E-state index is -5.08. The van der Waals surface area contributed by atoms with Gasteiger partial charge in [-0.15, -0.1) is 0 Å². The molecule has 13 heteroatoms. The van der Waals surface area contributed by atoms with E-state index in [1.165, 1.54) is 14.8 Å². The summed E-state index contributed by atoms with van der Waals surface area (Å²) < 4.78 is 46.0. The molecule has 2 aliphatic rings. The van der Waals surface area contributed by atoms with Crippen LogP contribution in [0.15, 0.2) is 33.9 Å². The highest BCUT2D eigenvalue weighted by atomic mass is 19.4. The summed E-state index contributed by atoms with van der Waals surface area (Å²) in [5, 5.41) is 11.5. The quantitative estimate of drug-likeness (QED) is 0.602. The molecule has 0 saturated carbocycles. The van der Waals surface area contributed by atoms with Crippen LogP contribution in [0.5, 0.6) is 5.75 Å². The van der Waals surface area contributed by atoms with Crippen molar-refractivity contribution in [3.8, 4) is 5.75 Å². The molecule has 198 valence electrons. The van der Waals surface area contributed by atoms with Crippen molar-refractivity contribution in [1.29, 1.82) is 0 Å². The lowest BCUT2D eigenvalue weighted by atomic mass is 10.0. The summed E-state index contributed by atoms with van der Waals surface area (Å²) in [7, 11) is 1.66. The molecule has 0 radical (unpaired) electrons. The van der Waals surface area contributed by atoms with Crippen LogP contribution in [-0.4, -0.2) is 62.3 Å². The van der Waals surface area contributed by atoms with Gasteiger partial charge in [0, 0.05) is 26.2 Å². The molecule has 1 unspecified atom stereocenters. The summed E-state index contributed by atoms with van der Waals surface area (Å²) in [5.74, 6) is -1.14. The van der Waals surface area contributed by atoms with Crippen molar-refractivity contribution in [1.82, 2.24) is 19.2 Å². The number of halogens is 3. The van der Waals surface area contributed by atoms with E-state index in [0.717, 1.165) is 31.8 Å². The van der Waals surface area contributed by atoms with E-state index >= 15 is 0 Å². The molecule has 1 atom stereocenters. The van der Waals surface area contributed by atoms with Crippen LogP contribution < -0.4 is 15.9 Å². The van der Waals surface area contributed by atoms with E-state index in [-0.39, 0.29) is 12.5 Å². The Kier molecular flexibility index (Phi) is 8.24. The maximum atomic E-state index is 12.7. The van der Waals surface area contributed by atoms with Crippen LogP contribution in [-0.2, 0) is 35.8 Å². The molecule has 3 heterocycles. The average Bonchev–Trinajstić information content (AvgIpc) is 3.19. The second-order valence-corrected chi connectivity index (χ2v) is 9.27. The monoisotopic (exact) mass is 514 g/mol. The fourth-order valence-electron chi connectivity index (χ4n) is 4.17. The predicted octanol–water partition coefficient (Wildman–Crippen LogP) is 1.88. The standard InChI is InChI=1S/C21H28N4O4.C2HF3O2/c1-15(2)10-25-20(27)19(26)24-14-21(29-12-18(24)22-25)8-9-23(13-21)11-16-4-6-17(28-3)7-5-16;3-2(4,5)1(6)7/h4-7,15H,8-14H2,1-3H3;(H,6,7). The normalized spacial score (nSPS) is 19.6. The highest BCUT2D eigenvalue weighted by Crippen LogP contribution is 2.32. The van der Waals surface area contributed by atoms with Crippen LogP contribution in [0.25, 0.3) is 0 Å². The molecule has 4 rings (SSSR count). The van der Waals surface area contributed by atoms with Gasteiger partial charge in [0.15, 0.2) is 5.82 Å². The number of fused-ring (bicyclic) bond motifs is 1. The predicted molar refractivity (Wildman–Crippen MR) is 122 cm³/mol. The lowest BCUT2D eigenvalue weighted by Gasteiger charge is -2.35. The van der Waals surface area contributed by atoms with Gasteiger partial charge >= 0.3 is 23.3 Å². The molecule has 2 aliphatic heterocycles. The number of methoxy groups -OCH3 is 1. The Morgan fingerprint density at radius 3 is 2.39 bits per heavy atom. The molecule has 36 heavy (non-hydrogen) atoms. The molecule has 1 fully saturated rings. The molecule has 0 aliphatic carbocycles. The van der Waals surface area contributed by atoms with Gasteiger partial charge in [-0.25, -0.2) is 9.48 Å². The van der Waals surface area contributed by atoms with E-state index in [0.29, 0.717) is 18.9 Å². The molecule has 10 nitrogen and oxygen atoms in total. The van der Waals surface area contributed by atoms with Crippen LogP contribution in [0.2, 0.25) is 0 Å². The minimum absolute atomic E-state index is 0.236. The molecule has 1 spiro atoms. The fourth-order valence-corrected chi connectivity index (χ4v) is 4.17. The van der Waals surface area contributed by atoms with Gasteiger partial charge in [-0.05, 0) is 30.0 Å². The van der Waals surface area contributed by atoms with Crippen molar-refractivity contribution in [2.24, 2.45) is 5.92 Å². The molecule has 1 N–H and O–H groups in total. The van der Waals surface area contributed by atoms with Crippen molar-refractivity contribution in [2.45, 2.75) is 58.3 Å². The topological polar surface area (TPSA) is 116 Å². The second-order valence-electron chi connectivity index (χ2n) is 9.27. The third-order valence-corrected chi connectivity index (χ3v) is 5.91. The van der Waals surface area contributed by atoms with E-state index in [1.807, 2.05) is 26.0 Å². The number of benzene rings is 1. The lowest BCUT2D eigenvalue weighted by Crippen LogP contribution is -2.53. The van der Waals surface area contributed by atoms with E-state index in [1.54, 1.807) is 7.11 Å². The molecular weight excluding hydrogens is 485 g/mol. The van der Waals surface area contributed by atoms with Crippen molar-refractivity contribution < 1.29 is 32.5 Å². The summed E-state index contributed by atoms with van der Waals surface area (Å²) in [6, 6.07) is 8.04. The van der Waals surface area contributed by atoms with Gasteiger partial charge in [0.2, 0.25) is 0 Å². The number of alkyl halides is 3. The number of carboxylic acid groups (broad SMARTS) is 1. The van der Waals surface area contributed by atoms with Crippen molar-refractivity contribution in [2.75, 3.05) is 20.2 Å². The SMILES string of the molecule is COc1ccc(CN2CCC3(C2)Cn2c(nn(CC(C)C)c(=O)c2=O)CO3)cc1.O=C(O)C(F)(F)F. The number of hydrogen-bond donors (Lipinski definition) is 1. The first-order valence-electron chi connectivity index (χ1n) is 11.3. The first kappa shape index (κ1) is 27.4. The van der Waals surface area contributed by atoms with Crippen molar-refractivity contribution >= 4 is 5.97 Å². The summed E-state index contributed by atoms with van der Waals surface area (Å²) >= 11 is 0. The van der Waals surface area contributed by atoms with Crippen LogP contribution >= 0.6 is 0 Å². The van der Waals surface area contributed by atoms with Crippen LogP contribution in [0, 0.1) is 5.92 Å². The Morgan fingerprint density at radius 2 is 1.83 bits per heavy atom. The smallest absolute Gasteiger partial charge is 0.490 e. The summed E-state index contributed by atoms with van der Waals surface area (Å²) in [5.41, 5.74) is -0.282. The number of aliphatic carboxylic acids is 1. The summed E-state index contributed by atoms with van der Waals surface area (Å²) in [6.45, 7) is 7.47. The number of rotatable bonds is 5. The van der Waals surface area contributed by atoms with Gasteiger partial charge in [0.1, 0.15) is 18.0 Å². The van der Waals surface area contributed by atoms with Gasteiger partial charge in [-0.1, -0.05) is 26.0 Å². The molecule has 1 saturated heterocycles. The number of nitrogens with zero attached hydrogens (tertiary/aromatic N) is 4. The number of aromatic nitrogens is 3. The van der Waals surface area contributed by atoms with E-state index in [9.17, 15) is 22.8 Å². The largest absolute Gasteiger partial charge is 0.497 e. The zero-order valence-corrected chi connectivity index (χ0v) is 20.2. The Hall–Kier alpha value is -3.19. The molecule has 1 aromatic carbocycles. The number of hydrogen-bond acceptors (Lipinski definition) is 7. The highest BCUT2D eigenvalue weighted by Gasteiger charge is 2.43. The Morgan fingerprint density at radius 1 is 1.19 bits per heavy atom.